The van der Waals surface area contributed by atoms with Gasteiger partial charge in [0.1, 0.15) is 9.84 Å². The van der Waals surface area contributed by atoms with E-state index < -0.39 is 9.84 Å². The Morgan fingerprint density at radius 2 is 1.90 bits per heavy atom. The molecule has 29 heavy (non-hydrogen) atoms. The Morgan fingerprint density at radius 1 is 1.24 bits per heavy atom. The second-order valence-corrected chi connectivity index (χ2v) is 10.3. The highest BCUT2D eigenvalue weighted by Crippen LogP contribution is 2.19. The number of sulfone groups is 1. The lowest BCUT2D eigenvalue weighted by Crippen LogP contribution is -2.42. The normalized spacial score (nSPS) is 19.3. The zero-order valence-electron chi connectivity index (χ0n) is 18.1. The molecule has 1 fully saturated rings. The first-order valence-corrected chi connectivity index (χ1v) is 12.3. The summed E-state index contributed by atoms with van der Waals surface area (Å²) in [6.07, 6.45) is 5.79. The molecule has 2 N–H and O–H groups in total. The minimum absolute atomic E-state index is 0. The number of halogens is 1. The van der Waals surface area contributed by atoms with E-state index in [4.69, 9.17) is 0 Å². The van der Waals surface area contributed by atoms with Crippen LogP contribution in [-0.4, -0.2) is 57.0 Å². The lowest BCUT2D eigenvalue weighted by atomic mass is 10.0. The summed E-state index contributed by atoms with van der Waals surface area (Å²) in [7, 11) is -1.22. The van der Waals surface area contributed by atoms with Crippen LogP contribution in [0.2, 0.25) is 0 Å². The highest BCUT2D eigenvalue weighted by Gasteiger charge is 2.18. The minimum Gasteiger partial charge on any atom is -0.354 e. The van der Waals surface area contributed by atoms with Crippen LogP contribution in [0.3, 0.4) is 0 Å². The summed E-state index contributed by atoms with van der Waals surface area (Å²) in [4.78, 5) is 6.80. The van der Waals surface area contributed by atoms with Gasteiger partial charge in [-0.25, -0.2) is 8.42 Å². The van der Waals surface area contributed by atoms with E-state index in [9.17, 15) is 8.42 Å². The molecule has 1 aromatic carbocycles. The summed E-state index contributed by atoms with van der Waals surface area (Å²) in [6, 6.07) is 9.46. The van der Waals surface area contributed by atoms with Crippen LogP contribution in [0.5, 0.6) is 0 Å². The van der Waals surface area contributed by atoms with Gasteiger partial charge in [-0.05, 0) is 50.8 Å². The van der Waals surface area contributed by atoms with Gasteiger partial charge in [0.25, 0.3) is 0 Å². The maximum Gasteiger partial charge on any atom is 0.191 e. The number of nitrogens with one attached hydrogen (secondary N) is 2. The van der Waals surface area contributed by atoms with Crippen LogP contribution in [0.1, 0.15) is 50.7 Å². The Labute approximate surface area is 193 Å². The van der Waals surface area contributed by atoms with Crippen molar-refractivity contribution in [2.75, 3.05) is 25.6 Å². The minimum atomic E-state index is -2.94. The molecule has 1 heterocycles. The fourth-order valence-corrected chi connectivity index (χ4v) is 4.25. The quantitative estimate of drug-likeness (QED) is 0.304. The molecule has 0 amide bonds. The third kappa shape index (κ3) is 10.1. The average Bonchev–Trinajstić information content (AvgIpc) is 2.66. The molecular formula is C21H37IN4O2S. The molecule has 0 saturated carbocycles. The Kier molecular flexibility index (Phi) is 11.5. The highest BCUT2D eigenvalue weighted by molar-refractivity contribution is 14.0. The molecule has 2 atom stereocenters. The summed E-state index contributed by atoms with van der Waals surface area (Å²) in [5.41, 5.74) is 2.55. The number of likely N-dealkylation sites (tertiary alicyclic amines) is 1. The van der Waals surface area contributed by atoms with Crippen LogP contribution < -0.4 is 10.6 Å². The van der Waals surface area contributed by atoms with E-state index in [1.807, 2.05) is 6.92 Å². The molecule has 0 aliphatic carbocycles. The summed E-state index contributed by atoms with van der Waals surface area (Å²) < 4.78 is 22.6. The molecule has 166 valence electrons. The zero-order chi connectivity index (χ0) is 20.6. The molecule has 2 rings (SSSR count). The van der Waals surface area contributed by atoms with Gasteiger partial charge < -0.3 is 10.6 Å². The highest BCUT2D eigenvalue weighted by atomic mass is 127. The predicted octanol–water partition coefficient (Wildman–Crippen LogP) is 3.17. The van der Waals surface area contributed by atoms with Crippen molar-refractivity contribution in [3.05, 3.63) is 35.4 Å². The fourth-order valence-electron chi connectivity index (χ4n) is 3.47. The SMILES string of the molecule is CN=C(NCc1ccc(CN2CCCCC2C)cc1)NC(C)CCS(C)(=O)=O.I. The van der Waals surface area contributed by atoms with E-state index in [1.165, 1.54) is 43.2 Å². The maximum atomic E-state index is 11.3. The van der Waals surface area contributed by atoms with Crippen molar-refractivity contribution in [1.82, 2.24) is 15.5 Å². The molecule has 0 bridgehead atoms. The van der Waals surface area contributed by atoms with E-state index in [0.717, 1.165) is 6.54 Å². The van der Waals surface area contributed by atoms with E-state index in [0.29, 0.717) is 25.0 Å². The molecule has 1 aliphatic rings. The lowest BCUT2D eigenvalue weighted by Gasteiger charge is -2.33. The second kappa shape index (κ2) is 12.7. The topological polar surface area (TPSA) is 73.8 Å². The maximum absolute atomic E-state index is 11.3. The van der Waals surface area contributed by atoms with Gasteiger partial charge in [-0.3, -0.25) is 9.89 Å². The monoisotopic (exact) mass is 536 g/mol. The molecule has 1 aromatic rings. The van der Waals surface area contributed by atoms with Gasteiger partial charge >= 0.3 is 0 Å². The van der Waals surface area contributed by atoms with Crippen LogP contribution in [-0.2, 0) is 22.9 Å². The number of nitrogens with zero attached hydrogens (tertiary/aromatic N) is 2. The van der Waals surface area contributed by atoms with Crippen molar-refractivity contribution in [3.63, 3.8) is 0 Å². The van der Waals surface area contributed by atoms with Gasteiger partial charge in [0.2, 0.25) is 0 Å². The Morgan fingerprint density at radius 3 is 2.48 bits per heavy atom. The smallest absolute Gasteiger partial charge is 0.191 e. The number of hydrogen-bond donors (Lipinski definition) is 2. The summed E-state index contributed by atoms with van der Waals surface area (Å²) in [6.45, 7) is 7.19. The third-order valence-electron chi connectivity index (χ3n) is 5.34. The van der Waals surface area contributed by atoms with Gasteiger partial charge in [-0.1, -0.05) is 30.7 Å². The molecule has 8 heteroatoms. The third-order valence-corrected chi connectivity index (χ3v) is 6.31. The van der Waals surface area contributed by atoms with Gasteiger partial charge in [-0.15, -0.1) is 24.0 Å². The van der Waals surface area contributed by atoms with Crippen molar-refractivity contribution >= 4 is 39.8 Å². The predicted molar refractivity (Wildman–Crippen MR) is 133 cm³/mol. The van der Waals surface area contributed by atoms with Crippen LogP contribution in [0.4, 0.5) is 0 Å². The Hall–Kier alpha value is -0.870. The van der Waals surface area contributed by atoms with Crippen LogP contribution in [0, 0.1) is 0 Å². The zero-order valence-corrected chi connectivity index (χ0v) is 21.3. The molecule has 1 saturated heterocycles. The van der Waals surface area contributed by atoms with Gasteiger partial charge in [0, 0.05) is 38.5 Å². The number of aliphatic imine (C=N–C) groups is 1. The first kappa shape index (κ1) is 26.2. The summed E-state index contributed by atoms with van der Waals surface area (Å²) >= 11 is 0. The van der Waals surface area contributed by atoms with Crippen LogP contribution in [0.25, 0.3) is 0 Å². The van der Waals surface area contributed by atoms with Gasteiger partial charge in [0.05, 0.1) is 5.75 Å². The molecular weight excluding hydrogens is 499 g/mol. The van der Waals surface area contributed by atoms with Crippen molar-refractivity contribution in [2.45, 2.75) is 64.7 Å². The second-order valence-electron chi connectivity index (χ2n) is 8.02. The standard InChI is InChI=1S/C21H36N4O2S.HI/c1-17(12-14-28(4,26)27)24-21(22-3)23-15-19-8-10-20(11-9-19)16-25-13-6-5-7-18(25)2;/h8-11,17-18H,5-7,12-16H2,1-4H3,(H2,22,23,24);1H. The number of rotatable bonds is 8. The number of piperidine rings is 1. The molecule has 0 radical (unpaired) electrons. The fraction of sp³-hybridized carbons (Fsp3) is 0.667. The number of hydrogen-bond acceptors (Lipinski definition) is 4. The van der Waals surface area contributed by atoms with E-state index in [1.54, 1.807) is 7.05 Å². The van der Waals surface area contributed by atoms with Crippen molar-refractivity contribution in [3.8, 4) is 0 Å². The largest absolute Gasteiger partial charge is 0.354 e. The summed E-state index contributed by atoms with van der Waals surface area (Å²) in [5.74, 6) is 0.863. The first-order chi connectivity index (χ1) is 13.3. The van der Waals surface area contributed by atoms with Gasteiger partial charge in [0.15, 0.2) is 5.96 Å². The van der Waals surface area contributed by atoms with E-state index >= 15 is 0 Å². The molecule has 6 nitrogen and oxygen atoms in total. The Balaban J connectivity index is 0.00000420. The van der Waals surface area contributed by atoms with Crippen molar-refractivity contribution < 1.29 is 8.42 Å². The number of benzene rings is 1. The van der Waals surface area contributed by atoms with Crippen LogP contribution in [0.15, 0.2) is 29.3 Å². The van der Waals surface area contributed by atoms with Crippen molar-refractivity contribution in [1.29, 1.82) is 0 Å². The molecule has 1 aliphatic heterocycles. The Bertz CT molecular complexity index is 738. The lowest BCUT2D eigenvalue weighted by molar-refractivity contribution is 0.152. The average molecular weight is 537 g/mol. The molecule has 2 unspecified atom stereocenters. The van der Waals surface area contributed by atoms with E-state index in [2.05, 4.69) is 51.7 Å². The van der Waals surface area contributed by atoms with Gasteiger partial charge in [-0.2, -0.15) is 0 Å². The van der Waals surface area contributed by atoms with Crippen LogP contribution >= 0.6 is 24.0 Å². The van der Waals surface area contributed by atoms with E-state index in [-0.39, 0.29) is 35.8 Å². The first-order valence-electron chi connectivity index (χ1n) is 10.2. The molecule has 0 spiro atoms. The van der Waals surface area contributed by atoms with Crippen molar-refractivity contribution in [2.24, 2.45) is 4.99 Å². The summed E-state index contributed by atoms with van der Waals surface area (Å²) in [5, 5.41) is 6.55. The number of guanidine groups is 1. The molecule has 0 aromatic heterocycles.